The summed E-state index contributed by atoms with van der Waals surface area (Å²) in [6.07, 6.45) is 6.00. The molecule has 3 aromatic rings. The van der Waals surface area contributed by atoms with E-state index >= 15 is 0 Å². The van der Waals surface area contributed by atoms with Gasteiger partial charge in [-0.25, -0.2) is 4.98 Å². The zero-order valence-corrected chi connectivity index (χ0v) is 13.9. The van der Waals surface area contributed by atoms with Crippen LogP contribution in [0.5, 0.6) is 0 Å². The molecule has 0 aliphatic carbocycles. The van der Waals surface area contributed by atoms with Crippen molar-refractivity contribution in [3.8, 4) is 0 Å². The number of fused-ring (bicyclic) bond motifs is 3. The molecule has 0 amide bonds. The van der Waals surface area contributed by atoms with E-state index in [0.717, 1.165) is 28.1 Å². The van der Waals surface area contributed by atoms with Crippen LogP contribution < -0.4 is 21.1 Å². The van der Waals surface area contributed by atoms with Gasteiger partial charge < -0.3 is 21.6 Å². The van der Waals surface area contributed by atoms with Crippen LogP contribution in [-0.4, -0.2) is 22.1 Å². The van der Waals surface area contributed by atoms with Crippen molar-refractivity contribution < 1.29 is 4.73 Å². The van der Waals surface area contributed by atoms with Gasteiger partial charge in [-0.3, -0.25) is 4.40 Å². The van der Waals surface area contributed by atoms with E-state index in [1.165, 1.54) is 6.20 Å². The van der Waals surface area contributed by atoms with Crippen LogP contribution in [0.2, 0.25) is 0 Å². The second-order valence-electron chi connectivity index (χ2n) is 6.03. The Labute approximate surface area is 145 Å². The molecule has 7 nitrogen and oxygen atoms in total. The fourth-order valence-corrected chi connectivity index (χ4v) is 3.05. The van der Waals surface area contributed by atoms with Crippen molar-refractivity contribution in [2.45, 2.75) is 19.5 Å². The van der Waals surface area contributed by atoms with Crippen molar-refractivity contribution in [3.05, 3.63) is 65.3 Å². The van der Waals surface area contributed by atoms with Gasteiger partial charge in [-0.1, -0.05) is 43.3 Å². The largest absolute Gasteiger partial charge is 0.618 e. The summed E-state index contributed by atoms with van der Waals surface area (Å²) in [4.78, 5) is 4.46. The zero-order valence-electron chi connectivity index (χ0n) is 13.9. The second kappa shape index (κ2) is 6.10. The number of imidazole rings is 1. The lowest BCUT2D eigenvalue weighted by Gasteiger charge is -2.19. The Bertz CT molecular complexity index is 947. The molecule has 0 radical (unpaired) electrons. The maximum absolute atomic E-state index is 12.7. The topological polar surface area (TPSA) is 94.3 Å². The van der Waals surface area contributed by atoms with Crippen molar-refractivity contribution >= 4 is 22.9 Å². The number of nitrogens with zero attached hydrogens (tertiary/aromatic N) is 3. The van der Waals surface area contributed by atoms with Crippen molar-refractivity contribution in [2.75, 3.05) is 17.2 Å². The van der Waals surface area contributed by atoms with Gasteiger partial charge in [-0.05, 0) is 12.0 Å². The molecule has 0 fully saturated rings. The van der Waals surface area contributed by atoms with Crippen LogP contribution in [0.1, 0.15) is 24.6 Å². The SMILES string of the molecule is CCC(N)Nc1cn2c3c([n+]([O-])cc2n1)C(c1ccccc1)=CCN3. The number of anilines is 2. The van der Waals surface area contributed by atoms with Crippen molar-refractivity contribution in [3.63, 3.8) is 0 Å². The Morgan fingerprint density at radius 3 is 2.96 bits per heavy atom. The van der Waals surface area contributed by atoms with Gasteiger partial charge in [0.15, 0.2) is 5.82 Å². The maximum atomic E-state index is 12.7. The summed E-state index contributed by atoms with van der Waals surface area (Å²) < 4.78 is 2.77. The number of hydrogen-bond donors (Lipinski definition) is 3. The summed E-state index contributed by atoms with van der Waals surface area (Å²) in [5.41, 5.74) is 9.03. The molecule has 3 heterocycles. The van der Waals surface area contributed by atoms with Gasteiger partial charge in [-0.2, -0.15) is 4.73 Å². The normalized spacial score (nSPS) is 14.6. The van der Waals surface area contributed by atoms with E-state index in [9.17, 15) is 5.21 Å². The van der Waals surface area contributed by atoms with Crippen LogP contribution in [-0.2, 0) is 0 Å². The average Bonchev–Trinajstić information content (AvgIpc) is 3.04. The van der Waals surface area contributed by atoms with Crippen molar-refractivity contribution in [1.82, 2.24) is 9.38 Å². The molecule has 1 aromatic carbocycles. The molecule has 0 bridgehead atoms. The Morgan fingerprint density at radius 2 is 2.20 bits per heavy atom. The Morgan fingerprint density at radius 1 is 1.40 bits per heavy atom. The van der Waals surface area contributed by atoms with Crippen molar-refractivity contribution in [1.29, 1.82) is 0 Å². The molecule has 7 heteroatoms. The number of aromatic nitrogens is 3. The van der Waals surface area contributed by atoms with Crippen LogP contribution in [0.4, 0.5) is 11.6 Å². The molecule has 0 saturated carbocycles. The summed E-state index contributed by atoms with van der Waals surface area (Å²) in [6.45, 7) is 2.64. The fraction of sp³-hybridized carbons (Fsp3) is 0.222. The van der Waals surface area contributed by atoms with E-state index in [0.29, 0.717) is 23.7 Å². The van der Waals surface area contributed by atoms with Crippen LogP contribution in [0, 0.1) is 5.21 Å². The van der Waals surface area contributed by atoms with E-state index in [1.54, 1.807) is 0 Å². The first-order chi connectivity index (χ1) is 12.2. The smallest absolute Gasteiger partial charge is 0.265 e. The molecule has 1 aliphatic rings. The summed E-state index contributed by atoms with van der Waals surface area (Å²) in [5, 5.41) is 19.1. The molecule has 0 saturated heterocycles. The van der Waals surface area contributed by atoms with Crippen LogP contribution in [0.3, 0.4) is 0 Å². The van der Waals surface area contributed by atoms with E-state index in [4.69, 9.17) is 5.73 Å². The predicted molar refractivity (Wildman–Crippen MR) is 98.1 cm³/mol. The number of hydrogen-bond acceptors (Lipinski definition) is 5. The maximum Gasteiger partial charge on any atom is 0.265 e. The van der Waals surface area contributed by atoms with Gasteiger partial charge in [0.2, 0.25) is 11.8 Å². The molecular formula is C18H20N6O. The minimum Gasteiger partial charge on any atom is -0.618 e. The third kappa shape index (κ3) is 2.68. The zero-order chi connectivity index (χ0) is 17.4. The highest BCUT2D eigenvalue weighted by Gasteiger charge is 2.26. The molecule has 1 aliphatic heterocycles. The first-order valence-electron chi connectivity index (χ1n) is 8.34. The van der Waals surface area contributed by atoms with Crippen molar-refractivity contribution in [2.24, 2.45) is 5.73 Å². The third-order valence-electron chi connectivity index (χ3n) is 4.34. The lowest BCUT2D eigenvalue weighted by molar-refractivity contribution is -0.606. The van der Waals surface area contributed by atoms with Gasteiger partial charge in [0.05, 0.1) is 17.9 Å². The van der Waals surface area contributed by atoms with Crippen LogP contribution >= 0.6 is 0 Å². The Balaban J connectivity index is 1.85. The van der Waals surface area contributed by atoms with Gasteiger partial charge in [-0.15, -0.1) is 0 Å². The molecule has 1 unspecified atom stereocenters. The van der Waals surface area contributed by atoms with Crippen LogP contribution in [0.15, 0.2) is 48.8 Å². The van der Waals surface area contributed by atoms with E-state index in [-0.39, 0.29) is 6.17 Å². The molecule has 128 valence electrons. The first-order valence-corrected chi connectivity index (χ1v) is 8.34. The van der Waals surface area contributed by atoms with Gasteiger partial charge in [0.1, 0.15) is 5.82 Å². The van der Waals surface area contributed by atoms with Gasteiger partial charge in [0, 0.05) is 6.54 Å². The molecular weight excluding hydrogens is 316 g/mol. The molecule has 2 aromatic heterocycles. The quantitative estimate of drug-likeness (QED) is 0.384. The molecule has 4 N–H and O–H groups in total. The Kier molecular flexibility index (Phi) is 3.77. The monoisotopic (exact) mass is 336 g/mol. The second-order valence-corrected chi connectivity index (χ2v) is 6.03. The van der Waals surface area contributed by atoms with Gasteiger partial charge >= 0.3 is 0 Å². The number of nitrogens with one attached hydrogen (secondary N) is 2. The lowest BCUT2D eigenvalue weighted by Crippen LogP contribution is -2.35. The molecule has 25 heavy (non-hydrogen) atoms. The summed E-state index contributed by atoms with van der Waals surface area (Å²) in [7, 11) is 0. The average molecular weight is 336 g/mol. The highest BCUT2D eigenvalue weighted by atomic mass is 16.5. The van der Waals surface area contributed by atoms with E-state index in [1.807, 2.05) is 53.9 Å². The summed E-state index contributed by atoms with van der Waals surface area (Å²) >= 11 is 0. The first kappa shape index (κ1) is 15.5. The standard InChI is InChI=1S/C18H20N6O/c1-2-14(19)21-15-10-23-16(22-15)11-24(25)17-13(8-9-20-18(17)23)12-6-4-3-5-7-12/h3-8,10-11,14,20-21H,2,9,19H2,1H3. The minimum atomic E-state index is -0.173. The number of rotatable bonds is 4. The van der Waals surface area contributed by atoms with E-state index < -0.39 is 0 Å². The molecule has 1 atom stereocenters. The number of benzene rings is 1. The lowest BCUT2D eigenvalue weighted by atomic mass is 10.00. The highest BCUT2D eigenvalue weighted by molar-refractivity contribution is 5.84. The minimum absolute atomic E-state index is 0.173. The predicted octanol–water partition coefficient (Wildman–Crippen LogP) is 1.93. The fourth-order valence-electron chi connectivity index (χ4n) is 3.05. The number of nitrogens with two attached hydrogens (primary N) is 1. The summed E-state index contributed by atoms with van der Waals surface area (Å²) in [6, 6.07) is 9.91. The molecule has 0 spiro atoms. The Hall–Kier alpha value is -3.06. The van der Waals surface area contributed by atoms with Gasteiger partial charge in [0.25, 0.3) is 5.69 Å². The summed E-state index contributed by atoms with van der Waals surface area (Å²) in [5.74, 6) is 1.39. The van der Waals surface area contributed by atoms with E-state index in [2.05, 4.69) is 15.6 Å². The molecule has 4 rings (SSSR count). The van der Waals surface area contributed by atoms with Crippen LogP contribution in [0.25, 0.3) is 11.2 Å². The highest BCUT2D eigenvalue weighted by Crippen LogP contribution is 2.30. The third-order valence-corrected chi connectivity index (χ3v) is 4.34.